The summed E-state index contributed by atoms with van der Waals surface area (Å²) in [5, 5.41) is 10.9. The largest absolute Gasteiger partial charge is 0.303 e. The number of benzene rings is 3. The molecule has 0 N–H and O–H groups in total. The predicted molar refractivity (Wildman–Crippen MR) is 98.9 cm³/mol. The molecule has 1 fully saturated rings. The van der Waals surface area contributed by atoms with Crippen LogP contribution in [0, 0.1) is 10.1 Å². The third-order valence-electron chi connectivity index (χ3n) is 4.74. The highest BCUT2D eigenvalue weighted by Gasteiger charge is 2.49. The number of hydrogen-bond acceptors (Lipinski definition) is 3. The van der Waals surface area contributed by atoms with Crippen LogP contribution < -0.4 is 4.90 Å². The van der Waals surface area contributed by atoms with Gasteiger partial charge in [0, 0.05) is 17.8 Å². The Kier molecular flexibility index (Phi) is 3.97. The summed E-state index contributed by atoms with van der Waals surface area (Å²) >= 11 is 0. The summed E-state index contributed by atoms with van der Waals surface area (Å²) in [7, 11) is 0. The van der Waals surface area contributed by atoms with Gasteiger partial charge in [-0.3, -0.25) is 14.9 Å². The second-order valence-electron chi connectivity index (χ2n) is 6.23. The van der Waals surface area contributed by atoms with E-state index in [2.05, 4.69) is 0 Å². The predicted octanol–water partition coefficient (Wildman–Crippen LogP) is 4.47. The SMILES string of the molecule is O=C1C(c2ccccc2)C(c2ccc([N+](=O)[O-])cc2)N1c1ccccc1. The number of non-ortho nitro benzene ring substituents is 1. The van der Waals surface area contributed by atoms with Crippen LogP contribution in [0.15, 0.2) is 84.9 Å². The van der Waals surface area contributed by atoms with Crippen LogP contribution in [0.4, 0.5) is 11.4 Å². The van der Waals surface area contributed by atoms with Crippen LogP contribution in [0.1, 0.15) is 23.1 Å². The monoisotopic (exact) mass is 344 g/mol. The average Bonchev–Trinajstić information content (AvgIpc) is 2.68. The van der Waals surface area contributed by atoms with Crippen molar-refractivity contribution >= 4 is 17.3 Å². The summed E-state index contributed by atoms with van der Waals surface area (Å²) < 4.78 is 0. The molecule has 128 valence electrons. The fraction of sp³-hybridized carbons (Fsp3) is 0.0952. The molecule has 1 heterocycles. The van der Waals surface area contributed by atoms with Gasteiger partial charge < -0.3 is 4.90 Å². The lowest BCUT2D eigenvalue weighted by molar-refractivity contribution is -0.384. The molecule has 5 heteroatoms. The lowest BCUT2D eigenvalue weighted by Crippen LogP contribution is -2.53. The lowest BCUT2D eigenvalue weighted by atomic mass is 9.77. The van der Waals surface area contributed by atoms with E-state index in [0.29, 0.717) is 0 Å². The van der Waals surface area contributed by atoms with Gasteiger partial charge in [0.05, 0.1) is 16.9 Å². The van der Waals surface area contributed by atoms with Gasteiger partial charge in [-0.2, -0.15) is 0 Å². The molecule has 0 aliphatic carbocycles. The minimum Gasteiger partial charge on any atom is -0.303 e. The van der Waals surface area contributed by atoms with Gasteiger partial charge >= 0.3 is 0 Å². The highest BCUT2D eigenvalue weighted by Crippen LogP contribution is 2.48. The number of nitrogens with zero attached hydrogens (tertiary/aromatic N) is 2. The molecule has 26 heavy (non-hydrogen) atoms. The van der Waals surface area contributed by atoms with Crippen LogP contribution in [0.3, 0.4) is 0 Å². The van der Waals surface area contributed by atoms with E-state index in [1.807, 2.05) is 60.7 Å². The van der Waals surface area contributed by atoms with Gasteiger partial charge in [0.15, 0.2) is 0 Å². The Morgan fingerprint density at radius 2 is 1.35 bits per heavy atom. The normalized spacial score (nSPS) is 19.1. The number of hydrogen-bond donors (Lipinski definition) is 0. The van der Waals surface area contributed by atoms with E-state index in [1.165, 1.54) is 12.1 Å². The molecule has 0 aromatic heterocycles. The molecule has 4 rings (SSSR count). The Morgan fingerprint density at radius 3 is 1.92 bits per heavy atom. The Bertz CT molecular complexity index is 891. The van der Waals surface area contributed by atoms with Gasteiger partial charge in [0.25, 0.3) is 5.69 Å². The molecule has 0 spiro atoms. The van der Waals surface area contributed by atoms with E-state index in [-0.39, 0.29) is 23.6 Å². The van der Waals surface area contributed by atoms with Gasteiger partial charge in [-0.1, -0.05) is 60.7 Å². The Hall–Kier alpha value is -3.47. The Balaban J connectivity index is 1.76. The molecule has 0 radical (unpaired) electrons. The number of carbonyl (C=O) groups is 1. The molecule has 1 saturated heterocycles. The summed E-state index contributed by atoms with van der Waals surface area (Å²) in [6.07, 6.45) is 0. The number of nitro benzene ring substituents is 1. The smallest absolute Gasteiger partial charge is 0.269 e. The number of rotatable bonds is 4. The molecular formula is C21H16N2O3. The molecule has 5 nitrogen and oxygen atoms in total. The molecule has 3 aromatic carbocycles. The van der Waals surface area contributed by atoms with Crippen LogP contribution in [-0.2, 0) is 4.79 Å². The first-order valence-corrected chi connectivity index (χ1v) is 8.34. The molecular weight excluding hydrogens is 328 g/mol. The first-order chi connectivity index (χ1) is 12.7. The molecule has 2 unspecified atom stereocenters. The second kappa shape index (κ2) is 6.44. The molecule has 1 aliphatic rings. The van der Waals surface area contributed by atoms with E-state index < -0.39 is 4.92 Å². The number of nitro groups is 1. The Labute approximate surface area is 150 Å². The third kappa shape index (κ3) is 2.63. The van der Waals surface area contributed by atoms with Crippen molar-refractivity contribution in [2.45, 2.75) is 12.0 Å². The number of amides is 1. The van der Waals surface area contributed by atoms with E-state index in [9.17, 15) is 14.9 Å². The van der Waals surface area contributed by atoms with Crippen molar-refractivity contribution in [1.29, 1.82) is 0 Å². The summed E-state index contributed by atoms with van der Waals surface area (Å²) in [5.41, 5.74) is 2.70. The van der Waals surface area contributed by atoms with Crippen molar-refractivity contribution in [2.24, 2.45) is 0 Å². The van der Waals surface area contributed by atoms with Crippen molar-refractivity contribution in [3.8, 4) is 0 Å². The van der Waals surface area contributed by atoms with Crippen LogP contribution in [0.25, 0.3) is 0 Å². The molecule has 1 amide bonds. The van der Waals surface area contributed by atoms with E-state index in [1.54, 1.807) is 17.0 Å². The molecule has 0 bridgehead atoms. The minimum absolute atomic E-state index is 0.0331. The van der Waals surface area contributed by atoms with Crippen molar-refractivity contribution in [1.82, 2.24) is 0 Å². The quantitative estimate of drug-likeness (QED) is 0.398. The minimum atomic E-state index is -0.417. The number of β-lactam (4-membered cyclic amide) rings is 1. The maximum atomic E-state index is 12.9. The van der Waals surface area contributed by atoms with Crippen LogP contribution >= 0.6 is 0 Å². The number of para-hydroxylation sites is 1. The van der Waals surface area contributed by atoms with Gasteiger partial charge in [0.1, 0.15) is 0 Å². The maximum Gasteiger partial charge on any atom is 0.269 e. The zero-order valence-corrected chi connectivity index (χ0v) is 13.9. The fourth-order valence-electron chi connectivity index (χ4n) is 3.49. The highest BCUT2D eigenvalue weighted by atomic mass is 16.6. The maximum absolute atomic E-state index is 12.9. The van der Waals surface area contributed by atoms with Gasteiger partial charge in [-0.25, -0.2) is 0 Å². The van der Waals surface area contributed by atoms with Crippen molar-refractivity contribution in [3.05, 3.63) is 106 Å². The van der Waals surface area contributed by atoms with E-state index >= 15 is 0 Å². The lowest BCUT2D eigenvalue weighted by Gasteiger charge is -2.47. The Morgan fingerprint density at radius 1 is 0.769 bits per heavy atom. The average molecular weight is 344 g/mol. The molecule has 3 aromatic rings. The summed E-state index contributed by atoms with van der Waals surface area (Å²) in [5.74, 6) is -0.261. The molecule has 1 aliphatic heterocycles. The summed E-state index contributed by atoms with van der Waals surface area (Å²) in [6, 6.07) is 25.4. The zero-order chi connectivity index (χ0) is 18.1. The first-order valence-electron chi connectivity index (χ1n) is 8.34. The van der Waals surface area contributed by atoms with Crippen LogP contribution in [-0.4, -0.2) is 10.8 Å². The molecule has 0 saturated carbocycles. The number of anilines is 1. The van der Waals surface area contributed by atoms with Crippen molar-refractivity contribution in [3.63, 3.8) is 0 Å². The number of carbonyl (C=O) groups excluding carboxylic acids is 1. The fourth-order valence-corrected chi connectivity index (χ4v) is 3.49. The van der Waals surface area contributed by atoms with E-state index in [4.69, 9.17) is 0 Å². The summed E-state index contributed by atoms with van der Waals surface area (Å²) in [6.45, 7) is 0. The van der Waals surface area contributed by atoms with E-state index in [0.717, 1.165) is 16.8 Å². The van der Waals surface area contributed by atoms with Crippen LogP contribution in [0.2, 0.25) is 0 Å². The first kappa shape index (κ1) is 16.0. The zero-order valence-electron chi connectivity index (χ0n) is 13.9. The highest BCUT2D eigenvalue weighted by molar-refractivity contribution is 6.06. The second-order valence-corrected chi connectivity index (χ2v) is 6.23. The van der Waals surface area contributed by atoms with Gasteiger partial charge in [0.2, 0.25) is 5.91 Å². The van der Waals surface area contributed by atoms with Crippen molar-refractivity contribution < 1.29 is 9.72 Å². The van der Waals surface area contributed by atoms with Crippen LogP contribution in [0.5, 0.6) is 0 Å². The van der Waals surface area contributed by atoms with Crippen molar-refractivity contribution in [2.75, 3.05) is 4.90 Å². The third-order valence-corrected chi connectivity index (χ3v) is 4.74. The van der Waals surface area contributed by atoms with Gasteiger partial charge in [-0.15, -0.1) is 0 Å². The molecule has 2 atom stereocenters. The van der Waals surface area contributed by atoms with Gasteiger partial charge in [-0.05, 0) is 23.3 Å². The topological polar surface area (TPSA) is 63.4 Å². The standard InChI is InChI=1S/C21H16N2O3/c24-21-19(15-7-3-1-4-8-15)20(22(21)17-9-5-2-6-10-17)16-11-13-18(14-12-16)23(25)26/h1-14,19-20H. The summed E-state index contributed by atoms with van der Waals surface area (Å²) in [4.78, 5) is 25.2.